The van der Waals surface area contributed by atoms with Crippen molar-refractivity contribution in [3.05, 3.63) is 17.5 Å². The molecule has 0 N–H and O–H groups in total. The SMILES string of the molecule is Cc1nc(CN2C[C@@H]3CN(Cc4nnnn4C4CC4)C[C@H]3C2)no1. The van der Waals surface area contributed by atoms with Crippen molar-refractivity contribution in [2.24, 2.45) is 11.8 Å². The first-order chi connectivity index (χ1) is 11.7. The molecular weight excluding hydrogens is 308 g/mol. The van der Waals surface area contributed by atoms with Crippen LogP contribution in [-0.2, 0) is 13.1 Å². The van der Waals surface area contributed by atoms with Gasteiger partial charge in [0.2, 0.25) is 5.89 Å². The van der Waals surface area contributed by atoms with Crippen LogP contribution in [-0.4, -0.2) is 66.3 Å². The van der Waals surface area contributed by atoms with Gasteiger partial charge in [0.05, 0.1) is 19.1 Å². The van der Waals surface area contributed by atoms with Crippen LogP contribution >= 0.6 is 0 Å². The molecule has 0 aromatic carbocycles. The summed E-state index contributed by atoms with van der Waals surface area (Å²) in [7, 11) is 0. The molecule has 0 amide bonds. The summed E-state index contributed by atoms with van der Waals surface area (Å²) in [5, 5.41) is 16.3. The van der Waals surface area contributed by atoms with E-state index in [2.05, 4.69) is 35.5 Å². The molecule has 3 aliphatic rings. The third-order valence-electron chi connectivity index (χ3n) is 5.39. The van der Waals surface area contributed by atoms with Gasteiger partial charge in [-0.1, -0.05) is 5.16 Å². The van der Waals surface area contributed by atoms with Gasteiger partial charge in [-0.05, 0) is 35.1 Å². The smallest absolute Gasteiger partial charge is 0.223 e. The average Bonchev–Trinajstić information content (AvgIpc) is 2.86. The molecule has 3 fully saturated rings. The van der Waals surface area contributed by atoms with Crippen molar-refractivity contribution in [1.29, 1.82) is 0 Å². The van der Waals surface area contributed by atoms with E-state index in [1.807, 2.05) is 11.6 Å². The zero-order valence-electron chi connectivity index (χ0n) is 13.9. The Morgan fingerprint density at radius 1 is 1.04 bits per heavy atom. The largest absolute Gasteiger partial charge is 0.340 e. The molecule has 5 rings (SSSR count). The highest BCUT2D eigenvalue weighted by Gasteiger charge is 2.40. The first kappa shape index (κ1) is 14.5. The molecule has 0 unspecified atom stereocenters. The summed E-state index contributed by atoms with van der Waals surface area (Å²) in [6.07, 6.45) is 2.43. The van der Waals surface area contributed by atoms with Gasteiger partial charge in [-0.3, -0.25) is 9.80 Å². The number of aryl methyl sites for hydroxylation is 1. The average molecular weight is 330 g/mol. The van der Waals surface area contributed by atoms with Crippen LogP contribution in [0.2, 0.25) is 0 Å². The molecule has 2 aromatic heterocycles. The van der Waals surface area contributed by atoms with Crippen molar-refractivity contribution in [2.75, 3.05) is 26.2 Å². The van der Waals surface area contributed by atoms with E-state index in [1.165, 1.54) is 12.8 Å². The van der Waals surface area contributed by atoms with Gasteiger partial charge >= 0.3 is 0 Å². The van der Waals surface area contributed by atoms with Crippen LogP contribution in [0, 0.1) is 18.8 Å². The topological polar surface area (TPSA) is 89.0 Å². The third kappa shape index (κ3) is 2.71. The molecule has 9 nitrogen and oxygen atoms in total. The molecule has 2 atom stereocenters. The van der Waals surface area contributed by atoms with Gasteiger partial charge in [-0.2, -0.15) is 4.98 Å². The number of hydrogen-bond donors (Lipinski definition) is 0. The van der Waals surface area contributed by atoms with Gasteiger partial charge in [0.1, 0.15) is 0 Å². The molecule has 1 aliphatic carbocycles. The Morgan fingerprint density at radius 2 is 1.75 bits per heavy atom. The molecule has 4 heterocycles. The standard InChI is InChI=1S/C15H22N8O/c1-10-16-14(18-24-10)8-21-4-11-6-22(7-12(11)5-21)9-15-17-19-20-23(15)13-2-3-13/h11-13H,2-9H2,1H3/t11-,12-/m1/s1. The van der Waals surface area contributed by atoms with Gasteiger partial charge in [-0.15, -0.1) is 5.10 Å². The van der Waals surface area contributed by atoms with Gasteiger partial charge in [0.25, 0.3) is 0 Å². The number of fused-ring (bicyclic) bond motifs is 1. The molecule has 0 radical (unpaired) electrons. The summed E-state index contributed by atoms with van der Waals surface area (Å²) in [5.74, 6) is 3.92. The molecule has 2 saturated heterocycles. The summed E-state index contributed by atoms with van der Waals surface area (Å²) in [4.78, 5) is 9.27. The number of likely N-dealkylation sites (tertiary alicyclic amines) is 2. The summed E-state index contributed by atoms with van der Waals surface area (Å²) in [5.41, 5.74) is 0. The van der Waals surface area contributed by atoms with Crippen LogP contribution in [0.25, 0.3) is 0 Å². The van der Waals surface area contributed by atoms with E-state index in [1.54, 1.807) is 0 Å². The Labute approximate surface area is 140 Å². The summed E-state index contributed by atoms with van der Waals surface area (Å²) < 4.78 is 7.09. The van der Waals surface area contributed by atoms with Gasteiger partial charge in [0.15, 0.2) is 11.6 Å². The molecule has 2 aromatic rings. The monoisotopic (exact) mass is 330 g/mol. The molecule has 0 spiro atoms. The van der Waals surface area contributed by atoms with E-state index in [0.717, 1.165) is 62.8 Å². The fraction of sp³-hybridized carbons (Fsp3) is 0.800. The van der Waals surface area contributed by atoms with Gasteiger partial charge in [0, 0.05) is 33.1 Å². The fourth-order valence-electron chi connectivity index (χ4n) is 4.17. The Bertz CT molecular complexity index is 709. The summed E-state index contributed by atoms with van der Waals surface area (Å²) >= 11 is 0. The lowest BCUT2D eigenvalue weighted by molar-refractivity contribution is 0.235. The van der Waals surface area contributed by atoms with Gasteiger partial charge in [-0.25, -0.2) is 4.68 Å². The maximum Gasteiger partial charge on any atom is 0.223 e. The predicted octanol–water partition coefficient (Wildman–Crippen LogP) is 0.263. The highest BCUT2D eigenvalue weighted by molar-refractivity contribution is 4.97. The van der Waals surface area contributed by atoms with Crippen molar-refractivity contribution in [2.45, 2.75) is 38.9 Å². The first-order valence-electron chi connectivity index (χ1n) is 8.75. The Hall–Kier alpha value is -1.87. The Morgan fingerprint density at radius 3 is 2.38 bits per heavy atom. The van der Waals surface area contributed by atoms with Crippen LogP contribution in [0.4, 0.5) is 0 Å². The maximum atomic E-state index is 5.06. The second-order valence-corrected chi connectivity index (χ2v) is 7.41. The maximum absolute atomic E-state index is 5.06. The van der Waals surface area contributed by atoms with Crippen LogP contribution in [0.1, 0.15) is 36.4 Å². The number of hydrogen-bond acceptors (Lipinski definition) is 8. The molecule has 1 saturated carbocycles. The van der Waals surface area contributed by atoms with Crippen molar-refractivity contribution in [1.82, 2.24) is 40.1 Å². The van der Waals surface area contributed by atoms with E-state index in [4.69, 9.17) is 4.52 Å². The lowest BCUT2D eigenvalue weighted by Gasteiger charge is -2.19. The lowest BCUT2D eigenvalue weighted by Crippen LogP contribution is -2.29. The van der Waals surface area contributed by atoms with Crippen molar-refractivity contribution >= 4 is 0 Å². The molecular formula is C15H22N8O. The van der Waals surface area contributed by atoms with Crippen LogP contribution in [0.15, 0.2) is 4.52 Å². The fourth-order valence-corrected chi connectivity index (χ4v) is 4.17. The number of aromatic nitrogens is 6. The van der Waals surface area contributed by atoms with E-state index >= 15 is 0 Å². The van der Waals surface area contributed by atoms with Crippen molar-refractivity contribution < 1.29 is 4.52 Å². The molecule has 2 aliphatic heterocycles. The quantitative estimate of drug-likeness (QED) is 0.771. The first-order valence-corrected chi connectivity index (χ1v) is 8.75. The Kier molecular flexibility index (Phi) is 3.37. The normalized spacial score (nSPS) is 27.9. The van der Waals surface area contributed by atoms with Crippen molar-refractivity contribution in [3.63, 3.8) is 0 Å². The number of rotatable bonds is 5. The summed E-state index contributed by atoms with van der Waals surface area (Å²) in [6, 6.07) is 0.547. The van der Waals surface area contributed by atoms with Crippen LogP contribution in [0.5, 0.6) is 0 Å². The number of tetrazole rings is 1. The minimum absolute atomic E-state index is 0.547. The molecule has 24 heavy (non-hydrogen) atoms. The van der Waals surface area contributed by atoms with E-state index in [9.17, 15) is 0 Å². The number of nitrogens with zero attached hydrogens (tertiary/aromatic N) is 8. The second-order valence-electron chi connectivity index (χ2n) is 7.41. The second kappa shape index (κ2) is 5.59. The molecule has 0 bridgehead atoms. The lowest BCUT2D eigenvalue weighted by atomic mass is 10.0. The molecule has 128 valence electrons. The van der Waals surface area contributed by atoms with E-state index < -0.39 is 0 Å². The highest BCUT2D eigenvalue weighted by atomic mass is 16.5. The van der Waals surface area contributed by atoms with Crippen LogP contribution < -0.4 is 0 Å². The minimum Gasteiger partial charge on any atom is -0.340 e. The van der Waals surface area contributed by atoms with Crippen molar-refractivity contribution in [3.8, 4) is 0 Å². The minimum atomic E-state index is 0.547. The van der Waals surface area contributed by atoms with Crippen LogP contribution in [0.3, 0.4) is 0 Å². The molecule has 9 heteroatoms. The zero-order chi connectivity index (χ0) is 16.1. The van der Waals surface area contributed by atoms with E-state index in [0.29, 0.717) is 11.9 Å². The van der Waals surface area contributed by atoms with Gasteiger partial charge < -0.3 is 4.52 Å². The zero-order valence-corrected chi connectivity index (χ0v) is 13.9. The predicted molar refractivity (Wildman–Crippen MR) is 82.7 cm³/mol. The van der Waals surface area contributed by atoms with E-state index in [-0.39, 0.29) is 0 Å². The highest BCUT2D eigenvalue weighted by Crippen LogP contribution is 2.36. The summed E-state index contributed by atoms with van der Waals surface area (Å²) in [6.45, 7) is 7.99. The Balaban J connectivity index is 1.17. The third-order valence-corrected chi connectivity index (χ3v) is 5.39.